The normalized spacial score (nSPS) is 11.2. The van der Waals surface area contributed by atoms with Crippen molar-refractivity contribution < 1.29 is 4.79 Å². The number of carbonyl (C=O) groups is 1. The fourth-order valence-corrected chi connectivity index (χ4v) is 4.69. The number of aromatic nitrogens is 3. The number of ketones is 1. The molecule has 2 aromatic heterocycles. The molecule has 0 fully saturated rings. The Morgan fingerprint density at radius 1 is 1.10 bits per heavy atom. The number of fused-ring (bicyclic) bond motifs is 1. The molecule has 4 aromatic rings. The van der Waals surface area contributed by atoms with Crippen LogP contribution >= 0.6 is 27.7 Å². The molecule has 152 valence electrons. The first kappa shape index (κ1) is 20.6. The maximum atomic E-state index is 13.0. The Balaban J connectivity index is 1.60. The van der Waals surface area contributed by atoms with E-state index in [9.17, 15) is 9.59 Å². The van der Waals surface area contributed by atoms with Crippen molar-refractivity contribution in [3.63, 3.8) is 0 Å². The molecule has 0 saturated carbocycles. The zero-order valence-corrected chi connectivity index (χ0v) is 19.3. The van der Waals surface area contributed by atoms with Crippen LogP contribution < -0.4 is 5.56 Å². The van der Waals surface area contributed by atoms with Crippen LogP contribution in [0.25, 0.3) is 16.6 Å². The van der Waals surface area contributed by atoms with Crippen molar-refractivity contribution >= 4 is 44.4 Å². The van der Waals surface area contributed by atoms with E-state index in [1.807, 2.05) is 62.4 Å². The lowest BCUT2D eigenvalue weighted by molar-refractivity contribution is 0.102. The Bertz CT molecular complexity index is 1320. The van der Waals surface area contributed by atoms with Gasteiger partial charge in [-0.3, -0.25) is 14.2 Å². The number of nitrogens with zero attached hydrogens (tertiary/aromatic N) is 3. The standard InChI is InChI=1S/C23H20BrN3O2S/c1-14-12-19(15(2)27(14)17-10-8-16(24)9-11-17)21(28)13-30-23-25-20-7-5-4-6-18(20)22(29)26(23)3/h4-12H,13H2,1-3H3. The summed E-state index contributed by atoms with van der Waals surface area (Å²) in [6.07, 6.45) is 0. The number of rotatable bonds is 5. The third-order valence-corrected chi connectivity index (χ3v) is 6.65. The van der Waals surface area contributed by atoms with E-state index in [0.717, 1.165) is 21.5 Å². The van der Waals surface area contributed by atoms with Crippen LogP contribution in [0.15, 0.2) is 69.0 Å². The molecule has 0 unspecified atom stereocenters. The fourth-order valence-electron chi connectivity index (χ4n) is 3.57. The number of hydrogen-bond donors (Lipinski definition) is 0. The number of hydrogen-bond acceptors (Lipinski definition) is 4. The largest absolute Gasteiger partial charge is 0.318 e. The molecule has 5 nitrogen and oxygen atoms in total. The molecule has 0 aliphatic rings. The predicted octanol–water partition coefficient (Wildman–Crippen LogP) is 5.08. The van der Waals surface area contributed by atoms with E-state index in [1.165, 1.54) is 16.3 Å². The van der Waals surface area contributed by atoms with Gasteiger partial charge < -0.3 is 4.57 Å². The highest BCUT2D eigenvalue weighted by molar-refractivity contribution is 9.10. The van der Waals surface area contributed by atoms with E-state index in [2.05, 4.69) is 25.5 Å². The second-order valence-corrected chi connectivity index (χ2v) is 8.94. The SMILES string of the molecule is Cc1cc(C(=O)CSc2nc3ccccc3c(=O)n2C)c(C)n1-c1ccc(Br)cc1. The maximum absolute atomic E-state index is 13.0. The summed E-state index contributed by atoms with van der Waals surface area (Å²) in [7, 11) is 1.69. The van der Waals surface area contributed by atoms with Crippen molar-refractivity contribution in [3.8, 4) is 5.69 Å². The molecule has 7 heteroatoms. The number of thioether (sulfide) groups is 1. The van der Waals surface area contributed by atoms with Crippen LogP contribution in [-0.4, -0.2) is 25.7 Å². The highest BCUT2D eigenvalue weighted by atomic mass is 79.9. The molecule has 0 radical (unpaired) electrons. The molecule has 0 amide bonds. The van der Waals surface area contributed by atoms with Gasteiger partial charge in [-0.15, -0.1) is 0 Å². The topological polar surface area (TPSA) is 56.9 Å². The van der Waals surface area contributed by atoms with E-state index >= 15 is 0 Å². The molecule has 4 rings (SSSR count). The summed E-state index contributed by atoms with van der Waals surface area (Å²) in [5.41, 5.74) is 4.14. The first-order valence-corrected chi connectivity index (χ1v) is 11.2. The molecule has 2 aromatic carbocycles. The quantitative estimate of drug-likeness (QED) is 0.226. The van der Waals surface area contributed by atoms with Crippen molar-refractivity contribution in [1.82, 2.24) is 14.1 Å². The molecule has 0 saturated heterocycles. The molecule has 0 N–H and O–H groups in total. The van der Waals surface area contributed by atoms with Gasteiger partial charge in [-0.2, -0.15) is 0 Å². The van der Waals surface area contributed by atoms with E-state index in [4.69, 9.17) is 0 Å². The van der Waals surface area contributed by atoms with Crippen LogP contribution in [0.4, 0.5) is 0 Å². The van der Waals surface area contributed by atoms with E-state index < -0.39 is 0 Å². The molecule has 0 aliphatic heterocycles. The van der Waals surface area contributed by atoms with Crippen LogP contribution in [-0.2, 0) is 7.05 Å². The van der Waals surface area contributed by atoms with Crippen molar-refractivity contribution in [3.05, 3.63) is 86.4 Å². The first-order valence-electron chi connectivity index (χ1n) is 9.43. The monoisotopic (exact) mass is 481 g/mol. The Hall–Kier alpha value is -2.64. The molecule has 0 spiro atoms. The number of para-hydroxylation sites is 1. The van der Waals surface area contributed by atoms with Crippen LogP contribution in [0.2, 0.25) is 0 Å². The summed E-state index contributed by atoms with van der Waals surface area (Å²) in [5.74, 6) is 0.224. The zero-order valence-electron chi connectivity index (χ0n) is 16.8. The number of benzene rings is 2. The van der Waals surface area contributed by atoms with Crippen LogP contribution in [0.3, 0.4) is 0 Å². The van der Waals surface area contributed by atoms with Crippen LogP contribution in [0.1, 0.15) is 21.7 Å². The van der Waals surface area contributed by atoms with Gasteiger partial charge in [0, 0.05) is 34.2 Å². The lowest BCUT2D eigenvalue weighted by Crippen LogP contribution is -2.20. The molecular formula is C23H20BrN3O2S. The van der Waals surface area contributed by atoms with Gasteiger partial charge in [0.1, 0.15) is 0 Å². The van der Waals surface area contributed by atoms with E-state index in [1.54, 1.807) is 13.1 Å². The lowest BCUT2D eigenvalue weighted by atomic mass is 10.2. The van der Waals surface area contributed by atoms with Gasteiger partial charge in [0.25, 0.3) is 5.56 Å². The smallest absolute Gasteiger partial charge is 0.261 e. The highest BCUT2D eigenvalue weighted by Gasteiger charge is 2.18. The van der Waals surface area contributed by atoms with Gasteiger partial charge >= 0.3 is 0 Å². The number of aryl methyl sites for hydroxylation is 1. The Labute approximate surface area is 186 Å². The average molecular weight is 482 g/mol. The van der Waals surface area contributed by atoms with Crippen LogP contribution in [0, 0.1) is 13.8 Å². The Morgan fingerprint density at radius 2 is 1.80 bits per heavy atom. The van der Waals surface area contributed by atoms with E-state index in [-0.39, 0.29) is 17.1 Å². The Kier molecular flexibility index (Phi) is 5.66. The summed E-state index contributed by atoms with van der Waals surface area (Å²) in [4.78, 5) is 30.1. The summed E-state index contributed by atoms with van der Waals surface area (Å²) >= 11 is 4.74. The molecule has 2 heterocycles. The summed E-state index contributed by atoms with van der Waals surface area (Å²) < 4.78 is 4.59. The lowest BCUT2D eigenvalue weighted by Gasteiger charge is -2.10. The maximum Gasteiger partial charge on any atom is 0.261 e. The minimum Gasteiger partial charge on any atom is -0.318 e. The summed E-state index contributed by atoms with van der Waals surface area (Å²) in [6.45, 7) is 3.95. The minimum absolute atomic E-state index is 0.0128. The van der Waals surface area contributed by atoms with Gasteiger partial charge in [0.15, 0.2) is 10.9 Å². The second kappa shape index (κ2) is 8.24. The molecule has 0 atom stereocenters. The van der Waals surface area contributed by atoms with Crippen molar-refractivity contribution in [1.29, 1.82) is 0 Å². The average Bonchev–Trinajstić information content (AvgIpc) is 3.04. The molecular weight excluding hydrogens is 462 g/mol. The molecule has 0 bridgehead atoms. The number of Topliss-reactive ketones (excluding diaryl/α,β-unsaturated/α-hetero) is 1. The van der Waals surface area contributed by atoms with E-state index in [0.29, 0.717) is 21.6 Å². The predicted molar refractivity (Wildman–Crippen MR) is 125 cm³/mol. The first-order chi connectivity index (χ1) is 14.4. The summed E-state index contributed by atoms with van der Waals surface area (Å²) in [5, 5.41) is 1.11. The number of halogens is 1. The number of carbonyl (C=O) groups excluding carboxylic acids is 1. The minimum atomic E-state index is -0.107. The van der Waals surface area contributed by atoms with Gasteiger partial charge in [-0.05, 0) is 56.3 Å². The van der Waals surface area contributed by atoms with Crippen molar-refractivity contribution in [2.75, 3.05) is 5.75 Å². The third kappa shape index (κ3) is 3.75. The van der Waals surface area contributed by atoms with Gasteiger partial charge in [0.05, 0.1) is 16.7 Å². The second-order valence-electron chi connectivity index (χ2n) is 7.08. The van der Waals surface area contributed by atoms with Gasteiger partial charge in [-0.25, -0.2) is 4.98 Å². The Morgan fingerprint density at radius 3 is 2.53 bits per heavy atom. The van der Waals surface area contributed by atoms with Crippen molar-refractivity contribution in [2.24, 2.45) is 7.05 Å². The van der Waals surface area contributed by atoms with Gasteiger partial charge in [0.2, 0.25) is 0 Å². The molecule has 0 aliphatic carbocycles. The highest BCUT2D eigenvalue weighted by Crippen LogP contribution is 2.25. The fraction of sp³-hybridized carbons (Fsp3) is 0.174. The summed E-state index contributed by atoms with van der Waals surface area (Å²) in [6, 6.07) is 17.2. The van der Waals surface area contributed by atoms with Crippen LogP contribution in [0.5, 0.6) is 0 Å². The van der Waals surface area contributed by atoms with Crippen molar-refractivity contribution in [2.45, 2.75) is 19.0 Å². The third-order valence-electron chi connectivity index (χ3n) is 5.09. The zero-order chi connectivity index (χ0) is 21.4. The molecule has 30 heavy (non-hydrogen) atoms. The van der Waals surface area contributed by atoms with Gasteiger partial charge in [-0.1, -0.05) is 39.8 Å².